The molecule has 0 unspecified atom stereocenters. The Hall–Kier alpha value is -3.12. The number of carbonyl (C=O) groups excluding carboxylic acids is 1. The zero-order valence-corrected chi connectivity index (χ0v) is 19.8. The van der Waals surface area contributed by atoms with E-state index < -0.39 is 0 Å². The summed E-state index contributed by atoms with van der Waals surface area (Å²) >= 11 is 0. The molecule has 0 spiro atoms. The van der Waals surface area contributed by atoms with E-state index in [4.69, 9.17) is 4.74 Å². The second-order valence-corrected chi connectivity index (χ2v) is 9.54. The largest absolute Gasteiger partial charge is 0.496 e. The van der Waals surface area contributed by atoms with Crippen molar-refractivity contribution in [3.05, 3.63) is 76.2 Å². The van der Waals surface area contributed by atoms with Gasteiger partial charge in [0.05, 0.1) is 19.2 Å². The number of hydrogen-bond donors (Lipinski definition) is 1. The molecule has 0 bridgehead atoms. The summed E-state index contributed by atoms with van der Waals surface area (Å²) in [4.78, 5) is 29.3. The van der Waals surface area contributed by atoms with Crippen LogP contribution in [0.1, 0.15) is 48.0 Å². The van der Waals surface area contributed by atoms with Crippen molar-refractivity contribution in [3.63, 3.8) is 0 Å². The van der Waals surface area contributed by atoms with Crippen LogP contribution in [0.3, 0.4) is 0 Å². The zero-order chi connectivity index (χ0) is 23.5. The lowest BCUT2D eigenvalue weighted by atomic mass is 9.83. The molecule has 0 saturated carbocycles. The highest BCUT2D eigenvalue weighted by Crippen LogP contribution is 2.30. The molecule has 2 saturated heterocycles. The Balaban J connectivity index is 1.42. The summed E-state index contributed by atoms with van der Waals surface area (Å²) in [5.74, 6) is 1.10. The minimum absolute atomic E-state index is 0.108. The number of carbonyl (C=O) groups is 1. The first kappa shape index (κ1) is 22.7. The first-order chi connectivity index (χ1) is 16.7. The number of hydrogen-bond acceptors (Lipinski definition) is 4. The molecule has 2 aliphatic rings. The van der Waals surface area contributed by atoms with Gasteiger partial charge in [0.2, 0.25) is 0 Å². The van der Waals surface area contributed by atoms with E-state index in [0.29, 0.717) is 41.4 Å². The van der Waals surface area contributed by atoms with Gasteiger partial charge in [0, 0.05) is 35.1 Å². The molecular formula is C28H33N3O3. The van der Waals surface area contributed by atoms with Gasteiger partial charge in [-0.1, -0.05) is 42.8 Å². The third kappa shape index (κ3) is 4.47. The molecule has 3 aromatic rings. The monoisotopic (exact) mass is 459 g/mol. The summed E-state index contributed by atoms with van der Waals surface area (Å²) in [7, 11) is 1.62. The van der Waals surface area contributed by atoms with Crippen molar-refractivity contribution in [1.82, 2.24) is 14.8 Å². The molecule has 2 atom stereocenters. The van der Waals surface area contributed by atoms with Crippen LogP contribution in [0.15, 0.2) is 59.5 Å². The summed E-state index contributed by atoms with van der Waals surface area (Å²) in [5, 5.41) is 4.48. The minimum atomic E-state index is -0.113. The van der Waals surface area contributed by atoms with Gasteiger partial charge in [0.25, 0.3) is 11.5 Å². The molecule has 5 rings (SSSR count). The number of ether oxygens (including phenoxy) is 1. The molecule has 1 aromatic heterocycles. The van der Waals surface area contributed by atoms with Crippen LogP contribution >= 0.6 is 0 Å². The first-order valence-corrected chi connectivity index (χ1v) is 12.4. The number of fused-ring (bicyclic) bond motifs is 2. The van der Waals surface area contributed by atoms with E-state index in [1.807, 2.05) is 42.5 Å². The van der Waals surface area contributed by atoms with Crippen molar-refractivity contribution >= 4 is 16.7 Å². The van der Waals surface area contributed by atoms with Gasteiger partial charge in [-0.3, -0.25) is 9.59 Å². The van der Waals surface area contributed by atoms with E-state index in [-0.39, 0.29) is 11.5 Å². The minimum Gasteiger partial charge on any atom is -0.496 e. The van der Waals surface area contributed by atoms with E-state index in [9.17, 15) is 9.59 Å². The molecule has 1 amide bonds. The number of nitrogens with one attached hydrogen (secondary N) is 1. The average molecular weight is 460 g/mol. The number of pyridine rings is 1. The van der Waals surface area contributed by atoms with Gasteiger partial charge in [-0.2, -0.15) is 0 Å². The Morgan fingerprint density at radius 3 is 2.62 bits per heavy atom. The van der Waals surface area contributed by atoms with Gasteiger partial charge < -0.3 is 19.5 Å². The van der Waals surface area contributed by atoms with Crippen LogP contribution < -0.4 is 15.6 Å². The number of amides is 1. The number of rotatable bonds is 6. The molecule has 2 fully saturated rings. The Bertz CT molecular complexity index is 1230. The van der Waals surface area contributed by atoms with Gasteiger partial charge in [-0.05, 0) is 56.8 Å². The van der Waals surface area contributed by atoms with Crippen molar-refractivity contribution in [1.29, 1.82) is 0 Å². The molecule has 34 heavy (non-hydrogen) atoms. The average Bonchev–Trinajstić information content (AvgIpc) is 2.89. The molecule has 0 aliphatic carbocycles. The van der Waals surface area contributed by atoms with Crippen LogP contribution in [0, 0.1) is 5.92 Å². The number of para-hydroxylation sites is 1. The van der Waals surface area contributed by atoms with Gasteiger partial charge in [0.1, 0.15) is 5.75 Å². The fraction of sp³-hybridized carbons (Fsp3) is 0.429. The van der Waals surface area contributed by atoms with E-state index in [1.165, 1.54) is 38.8 Å². The molecule has 0 radical (unpaired) electrons. The lowest BCUT2D eigenvalue weighted by Crippen LogP contribution is -2.51. The SMILES string of the molecule is COc1ccccc1Cn1cc(C(=O)NC[C@@H]2CCCN3CCCC[C@H]23)c2ccccc2c1=O. The quantitative estimate of drug-likeness (QED) is 0.604. The molecule has 6 nitrogen and oxygen atoms in total. The predicted octanol–water partition coefficient (Wildman–Crippen LogP) is 4.05. The van der Waals surface area contributed by atoms with Crippen molar-refractivity contribution in [2.24, 2.45) is 5.92 Å². The summed E-state index contributed by atoms with van der Waals surface area (Å²) < 4.78 is 7.10. The zero-order valence-electron chi connectivity index (χ0n) is 19.8. The van der Waals surface area contributed by atoms with Gasteiger partial charge in [-0.15, -0.1) is 0 Å². The number of aromatic nitrogens is 1. The van der Waals surface area contributed by atoms with Crippen LogP contribution in [0.2, 0.25) is 0 Å². The maximum Gasteiger partial charge on any atom is 0.258 e. The lowest BCUT2D eigenvalue weighted by Gasteiger charge is -2.44. The third-order valence-corrected chi connectivity index (χ3v) is 7.52. The molecule has 2 aliphatic heterocycles. The van der Waals surface area contributed by atoms with E-state index >= 15 is 0 Å². The van der Waals surface area contributed by atoms with Crippen molar-refractivity contribution in [2.75, 3.05) is 26.7 Å². The van der Waals surface area contributed by atoms with Crippen LogP contribution in [0.5, 0.6) is 5.75 Å². The van der Waals surface area contributed by atoms with Gasteiger partial charge >= 0.3 is 0 Å². The Morgan fingerprint density at radius 2 is 1.76 bits per heavy atom. The Kier molecular flexibility index (Phi) is 6.68. The molecule has 1 N–H and O–H groups in total. The topological polar surface area (TPSA) is 63.6 Å². The second kappa shape index (κ2) is 10.0. The van der Waals surface area contributed by atoms with Gasteiger partial charge in [-0.25, -0.2) is 0 Å². The normalized spacial score (nSPS) is 20.6. The fourth-order valence-corrected chi connectivity index (χ4v) is 5.79. The smallest absolute Gasteiger partial charge is 0.258 e. The van der Waals surface area contributed by atoms with E-state index in [2.05, 4.69) is 10.2 Å². The molecular weight excluding hydrogens is 426 g/mol. The van der Waals surface area contributed by atoms with E-state index in [0.717, 1.165) is 17.7 Å². The van der Waals surface area contributed by atoms with Crippen molar-refractivity contribution in [2.45, 2.75) is 44.7 Å². The Labute approximate surface area is 200 Å². The molecule has 3 heterocycles. The van der Waals surface area contributed by atoms with Crippen LogP contribution in [-0.4, -0.2) is 48.2 Å². The van der Waals surface area contributed by atoms with Crippen LogP contribution in [0.25, 0.3) is 10.8 Å². The molecule has 178 valence electrons. The van der Waals surface area contributed by atoms with Gasteiger partial charge in [0.15, 0.2) is 0 Å². The molecule has 2 aromatic carbocycles. The number of nitrogens with zero attached hydrogens (tertiary/aromatic N) is 2. The highest BCUT2D eigenvalue weighted by Gasteiger charge is 2.33. The summed E-state index contributed by atoms with van der Waals surface area (Å²) in [5.41, 5.74) is 1.33. The number of benzene rings is 2. The maximum absolute atomic E-state index is 13.4. The van der Waals surface area contributed by atoms with Crippen molar-refractivity contribution in [3.8, 4) is 5.75 Å². The standard InChI is InChI=1S/C28H33N3O3/c1-34-26-14-5-2-9-21(26)18-31-19-24(22-11-3-4-12-23(22)28(31)33)27(32)29-17-20-10-8-16-30-15-7-6-13-25(20)30/h2-5,9,11-12,14,19-20,25H,6-8,10,13,15-18H2,1H3,(H,29,32)/t20-,25+/m0/s1. The summed E-state index contributed by atoms with van der Waals surface area (Å²) in [6.07, 6.45) is 7.87. The number of methoxy groups -OCH3 is 1. The second-order valence-electron chi connectivity index (χ2n) is 9.54. The summed E-state index contributed by atoms with van der Waals surface area (Å²) in [6, 6.07) is 15.6. The first-order valence-electron chi connectivity index (χ1n) is 12.4. The lowest BCUT2D eigenvalue weighted by molar-refractivity contribution is 0.0576. The highest BCUT2D eigenvalue weighted by molar-refractivity contribution is 6.06. The van der Waals surface area contributed by atoms with Crippen molar-refractivity contribution < 1.29 is 9.53 Å². The van der Waals surface area contributed by atoms with Crippen LogP contribution in [0.4, 0.5) is 0 Å². The number of piperidine rings is 2. The molecule has 6 heteroatoms. The summed E-state index contributed by atoms with van der Waals surface area (Å²) in [6.45, 7) is 3.40. The highest BCUT2D eigenvalue weighted by atomic mass is 16.5. The van der Waals surface area contributed by atoms with Crippen LogP contribution in [-0.2, 0) is 6.54 Å². The van der Waals surface area contributed by atoms with E-state index in [1.54, 1.807) is 23.9 Å². The predicted molar refractivity (Wildman–Crippen MR) is 135 cm³/mol. The third-order valence-electron chi connectivity index (χ3n) is 7.52. The Morgan fingerprint density at radius 1 is 1.00 bits per heavy atom. The fourth-order valence-electron chi connectivity index (χ4n) is 5.79. The maximum atomic E-state index is 13.4.